The second-order valence-electron chi connectivity index (χ2n) is 4.81. The highest BCUT2D eigenvalue weighted by Gasteiger charge is 2.09. The predicted octanol–water partition coefficient (Wildman–Crippen LogP) is 1.76. The number of aromatic nitrogens is 2. The molecule has 1 N–H and O–H groups in total. The summed E-state index contributed by atoms with van der Waals surface area (Å²) >= 11 is 0. The fraction of sp³-hybridized carbons (Fsp3) is 0.333. The van der Waals surface area contributed by atoms with Crippen molar-refractivity contribution < 1.29 is 9.84 Å². The minimum absolute atomic E-state index is 0.111. The van der Waals surface area contributed by atoms with E-state index in [1.165, 1.54) is 10.8 Å². The van der Waals surface area contributed by atoms with E-state index in [4.69, 9.17) is 4.74 Å². The molecule has 0 fully saturated rings. The molecule has 0 saturated heterocycles. The van der Waals surface area contributed by atoms with E-state index in [2.05, 4.69) is 4.98 Å². The molecule has 0 spiro atoms. The molecule has 20 heavy (non-hydrogen) atoms. The molecule has 0 bridgehead atoms. The summed E-state index contributed by atoms with van der Waals surface area (Å²) in [5.41, 5.74) is 0.364. The number of hydrogen-bond donors (Lipinski definition) is 1. The van der Waals surface area contributed by atoms with Crippen LogP contribution in [0.5, 0.6) is 5.75 Å². The molecule has 0 aliphatic carbocycles. The van der Waals surface area contributed by atoms with Gasteiger partial charge in [0, 0.05) is 12.4 Å². The standard InChI is InChI=1S/C15H18N2O3/c1-11(2)20-13-6-4-12(5-7-13)14(18)10-17-9-3-8-16-15(17)19/h3-9,11,14,18H,10H2,1-2H3. The SMILES string of the molecule is CC(C)Oc1ccc(C(O)Cn2cccnc2=O)cc1. The molecule has 2 rings (SSSR count). The van der Waals surface area contributed by atoms with Crippen LogP contribution in [0.25, 0.3) is 0 Å². The van der Waals surface area contributed by atoms with Crippen LogP contribution in [0.3, 0.4) is 0 Å². The number of ether oxygens (including phenoxy) is 1. The molecule has 0 aliphatic heterocycles. The first-order valence-corrected chi connectivity index (χ1v) is 6.52. The van der Waals surface area contributed by atoms with Gasteiger partial charge in [-0.05, 0) is 37.6 Å². The van der Waals surface area contributed by atoms with Crippen molar-refractivity contribution in [2.24, 2.45) is 0 Å². The number of hydrogen-bond acceptors (Lipinski definition) is 4. The molecule has 5 nitrogen and oxygen atoms in total. The van der Waals surface area contributed by atoms with Crippen molar-refractivity contribution in [1.82, 2.24) is 9.55 Å². The summed E-state index contributed by atoms with van der Waals surface area (Å²) in [7, 11) is 0. The minimum Gasteiger partial charge on any atom is -0.491 e. The highest BCUT2D eigenvalue weighted by Crippen LogP contribution is 2.19. The minimum atomic E-state index is -0.759. The Labute approximate surface area is 117 Å². The molecule has 1 heterocycles. The average Bonchev–Trinajstić information content (AvgIpc) is 2.41. The van der Waals surface area contributed by atoms with Gasteiger partial charge in [-0.15, -0.1) is 0 Å². The van der Waals surface area contributed by atoms with E-state index in [0.29, 0.717) is 0 Å². The van der Waals surface area contributed by atoms with E-state index in [1.54, 1.807) is 24.4 Å². The molecule has 1 atom stereocenters. The zero-order valence-corrected chi connectivity index (χ0v) is 11.6. The Kier molecular flexibility index (Phi) is 4.53. The monoisotopic (exact) mass is 274 g/mol. The highest BCUT2D eigenvalue weighted by molar-refractivity contribution is 5.28. The van der Waals surface area contributed by atoms with Gasteiger partial charge in [0.05, 0.1) is 18.8 Å². The largest absolute Gasteiger partial charge is 0.491 e. The second-order valence-corrected chi connectivity index (χ2v) is 4.81. The van der Waals surface area contributed by atoms with Crippen LogP contribution < -0.4 is 10.4 Å². The Morgan fingerprint density at radius 3 is 2.60 bits per heavy atom. The smallest absolute Gasteiger partial charge is 0.347 e. The van der Waals surface area contributed by atoms with Gasteiger partial charge < -0.3 is 9.84 Å². The third-order valence-corrected chi connectivity index (χ3v) is 2.79. The Morgan fingerprint density at radius 2 is 2.00 bits per heavy atom. The van der Waals surface area contributed by atoms with Crippen LogP contribution >= 0.6 is 0 Å². The van der Waals surface area contributed by atoms with E-state index < -0.39 is 6.10 Å². The fourth-order valence-electron chi connectivity index (χ4n) is 1.86. The van der Waals surface area contributed by atoms with Gasteiger partial charge in [-0.2, -0.15) is 0 Å². The van der Waals surface area contributed by atoms with Gasteiger partial charge in [0.15, 0.2) is 0 Å². The van der Waals surface area contributed by atoms with Crippen molar-refractivity contribution in [2.75, 3.05) is 0 Å². The van der Waals surface area contributed by atoms with E-state index in [1.807, 2.05) is 26.0 Å². The molecule has 1 aromatic carbocycles. The van der Waals surface area contributed by atoms with E-state index >= 15 is 0 Å². The van der Waals surface area contributed by atoms with Crippen LogP contribution in [-0.4, -0.2) is 20.8 Å². The maximum absolute atomic E-state index is 11.5. The molecule has 0 aliphatic rings. The van der Waals surface area contributed by atoms with Crippen LogP contribution in [0.15, 0.2) is 47.5 Å². The normalized spacial score (nSPS) is 12.4. The number of rotatable bonds is 5. The molecule has 0 radical (unpaired) electrons. The van der Waals surface area contributed by atoms with Crippen LogP contribution in [0, 0.1) is 0 Å². The van der Waals surface area contributed by atoms with Gasteiger partial charge >= 0.3 is 5.69 Å². The lowest BCUT2D eigenvalue weighted by Crippen LogP contribution is -2.24. The van der Waals surface area contributed by atoms with Gasteiger partial charge in [-0.25, -0.2) is 9.78 Å². The Bertz CT molecular complexity index is 605. The van der Waals surface area contributed by atoms with E-state index in [-0.39, 0.29) is 18.3 Å². The molecular formula is C15H18N2O3. The topological polar surface area (TPSA) is 64.3 Å². The summed E-state index contributed by atoms with van der Waals surface area (Å²) in [5.74, 6) is 0.759. The van der Waals surface area contributed by atoms with Crippen molar-refractivity contribution in [3.8, 4) is 5.75 Å². The number of aliphatic hydroxyl groups is 1. The maximum Gasteiger partial charge on any atom is 0.347 e. The van der Waals surface area contributed by atoms with Crippen molar-refractivity contribution in [3.63, 3.8) is 0 Å². The molecule has 5 heteroatoms. The first kappa shape index (κ1) is 14.3. The first-order chi connectivity index (χ1) is 9.56. The number of aliphatic hydroxyl groups excluding tert-OH is 1. The van der Waals surface area contributed by atoms with Gasteiger partial charge in [-0.3, -0.25) is 4.57 Å². The van der Waals surface area contributed by atoms with Gasteiger partial charge in [0.25, 0.3) is 0 Å². The molecular weight excluding hydrogens is 256 g/mol. The molecule has 0 saturated carbocycles. The van der Waals surface area contributed by atoms with Gasteiger partial charge in [0.1, 0.15) is 5.75 Å². The summed E-state index contributed by atoms with van der Waals surface area (Å²) in [5, 5.41) is 10.1. The van der Waals surface area contributed by atoms with E-state index in [0.717, 1.165) is 11.3 Å². The number of nitrogens with zero attached hydrogens (tertiary/aromatic N) is 2. The maximum atomic E-state index is 11.5. The Hall–Kier alpha value is -2.14. The zero-order valence-electron chi connectivity index (χ0n) is 11.6. The summed E-state index contributed by atoms with van der Waals surface area (Å²) in [6.45, 7) is 4.09. The van der Waals surface area contributed by atoms with Crippen molar-refractivity contribution in [2.45, 2.75) is 32.6 Å². The Morgan fingerprint density at radius 1 is 1.30 bits per heavy atom. The van der Waals surface area contributed by atoms with Crippen LogP contribution in [0.1, 0.15) is 25.5 Å². The summed E-state index contributed by atoms with van der Waals surface area (Å²) < 4.78 is 6.92. The van der Waals surface area contributed by atoms with Crippen molar-refractivity contribution in [3.05, 3.63) is 58.8 Å². The van der Waals surface area contributed by atoms with Crippen molar-refractivity contribution >= 4 is 0 Å². The molecule has 2 aromatic rings. The van der Waals surface area contributed by atoms with Gasteiger partial charge in [-0.1, -0.05) is 12.1 Å². The molecule has 1 unspecified atom stereocenters. The highest BCUT2D eigenvalue weighted by atomic mass is 16.5. The first-order valence-electron chi connectivity index (χ1n) is 6.52. The molecule has 106 valence electrons. The molecule has 1 aromatic heterocycles. The van der Waals surface area contributed by atoms with Crippen LogP contribution in [0.4, 0.5) is 0 Å². The van der Waals surface area contributed by atoms with Crippen LogP contribution in [-0.2, 0) is 6.54 Å². The predicted molar refractivity (Wildman–Crippen MR) is 75.7 cm³/mol. The van der Waals surface area contributed by atoms with Crippen molar-refractivity contribution in [1.29, 1.82) is 0 Å². The second kappa shape index (κ2) is 6.34. The summed E-state index contributed by atoms with van der Waals surface area (Å²) in [6, 6.07) is 8.87. The number of benzene rings is 1. The van der Waals surface area contributed by atoms with Gasteiger partial charge in [0.2, 0.25) is 0 Å². The van der Waals surface area contributed by atoms with Crippen LogP contribution in [0.2, 0.25) is 0 Å². The lowest BCUT2D eigenvalue weighted by Gasteiger charge is -2.14. The zero-order chi connectivity index (χ0) is 14.5. The third kappa shape index (κ3) is 3.68. The fourth-order valence-corrected chi connectivity index (χ4v) is 1.86. The lowest BCUT2D eigenvalue weighted by molar-refractivity contribution is 0.154. The third-order valence-electron chi connectivity index (χ3n) is 2.79. The average molecular weight is 274 g/mol. The lowest BCUT2D eigenvalue weighted by atomic mass is 10.1. The quantitative estimate of drug-likeness (QED) is 0.902. The molecule has 0 amide bonds. The summed E-state index contributed by atoms with van der Waals surface area (Å²) in [4.78, 5) is 15.1. The van der Waals surface area contributed by atoms with E-state index in [9.17, 15) is 9.90 Å². The Balaban J connectivity index is 2.08. The summed E-state index contributed by atoms with van der Waals surface area (Å²) in [6.07, 6.45) is 2.39.